The lowest BCUT2D eigenvalue weighted by Gasteiger charge is -2.10. The number of carbonyl (C=O) groups is 1. The largest absolute Gasteiger partial charge is 0.493 e. The van der Waals surface area contributed by atoms with Crippen molar-refractivity contribution < 1.29 is 18.7 Å². The van der Waals surface area contributed by atoms with E-state index in [2.05, 4.69) is 21.2 Å². The number of carbonyl (C=O) groups excluding carboxylic acids is 1. The molecule has 2 aromatic carbocycles. The fourth-order valence-corrected chi connectivity index (χ4v) is 2.25. The lowest BCUT2D eigenvalue weighted by Crippen LogP contribution is -2.23. The zero-order valence-corrected chi connectivity index (χ0v) is 13.7. The van der Waals surface area contributed by atoms with E-state index in [9.17, 15) is 9.18 Å². The number of halogens is 2. The molecule has 0 bridgehead atoms. The first-order valence-electron chi connectivity index (χ1n) is 6.49. The van der Waals surface area contributed by atoms with Crippen LogP contribution in [0.15, 0.2) is 40.9 Å². The van der Waals surface area contributed by atoms with Crippen LogP contribution in [0.25, 0.3) is 0 Å². The van der Waals surface area contributed by atoms with Gasteiger partial charge in [0.05, 0.1) is 14.2 Å². The third-order valence-corrected chi connectivity index (χ3v) is 3.59. The molecule has 1 amide bonds. The molecule has 0 aromatic heterocycles. The highest BCUT2D eigenvalue weighted by Crippen LogP contribution is 2.27. The van der Waals surface area contributed by atoms with E-state index in [1.165, 1.54) is 20.3 Å². The van der Waals surface area contributed by atoms with E-state index in [4.69, 9.17) is 9.47 Å². The van der Waals surface area contributed by atoms with E-state index in [1.807, 2.05) is 0 Å². The van der Waals surface area contributed by atoms with Crippen LogP contribution < -0.4 is 14.8 Å². The van der Waals surface area contributed by atoms with Gasteiger partial charge in [0.1, 0.15) is 5.82 Å². The van der Waals surface area contributed by atoms with Crippen molar-refractivity contribution in [1.29, 1.82) is 0 Å². The van der Waals surface area contributed by atoms with Crippen LogP contribution in [0.3, 0.4) is 0 Å². The van der Waals surface area contributed by atoms with Gasteiger partial charge in [-0.3, -0.25) is 4.79 Å². The molecule has 6 heteroatoms. The fraction of sp³-hybridized carbons (Fsp3) is 0.188. The number of amides is 1. The first-order valence-corrected chi connectivity index (χ1v) is 7.28. The van der Waals surface area contributed by atoms with Gasteiger partial charge in [0.25, 0.3) is 5.91 Å². The molecule has 2 rings (SSSR count). The van der Waals surface area contributed by atoms with Gasteiger partial charge in [0.15, 0.2) is 11.5 Å². The maximum atomic E-state index is 13.7. The van der Waals surface area contributed by atoms with Gasteiger partial charge < -0.3 is 14.8 Å². The van der Waals surface area contributed by atoms with Gasteiger partial charge in [-0.25, -0.2) is 4.39 Å². The molecule has 0 radical (unpaired) electrons. The molecule has 0 spiro atoms. The molecular formula is C16H15BrFNO3. The molecule has 4 nitrogen and oxygen atoms in total. The number of hydrogen-bond acceptors (Lipinski definition) is 3. The maximum absolute atomic E-state index is 13.7. The van der Waals surface area contributed by atoms with E-state index in [1.54, 1.807) is 30.3 Å². The predicted octanol–water partition coefficient (Wildman–Crippen LogP) is 3.54. The van der Waals surface area contributed by atoms with Gasteiger partial charge in [0, 0.05) is 22.1 Å². The summed E-state index contributed by atoms with van der Waals surface area (Å²) >= 11 is 3.19. The van der Waals surface area contributed by atoms with E-state index in [0.717, 1.165) is 0 Å². The van der Waals surface area contributed by atoms with Gasteiger partial charge >= 0.3 is 0 Å². The number of benzene rings is 2. The minimum Gasteiger partial charge on any atom is -0.493 e. The Kier molecular flexibility index (Phi) is 5.38. The van der Waals surface area contributed by atoms with E-state index >= 15 is 0 Å². The zero-order valence-electron chi connectivity index (χ0n) is 12.2. The van der Waals surface area contributed by atoms with Crippen LogP contribution in [-0.2, 0) is 6.54 Å². The topological polar surface area (TPSA) is 47.6 Å². The smallest absolute Gasteiger partial charge is 0.251 e. The van der Waals surface area contributed by atoms with Crippen molar-refractivity contribution in [2.24, 2.45) is 0 Å². The van der Waals surface area contributed by atoms with Gasteiger partial charge in [-0.05, 0) is 30.3 Å². The number of methoxy groups -OCH3 is 2. The lowest BCUT2D eigenvalue weighted by molar-refractivity contribution is 0.0950. The van der Waals surface area contributed by atoms with Crippen molar-refractivity contribution in [2.45, 2.75) is 6.54 Å². The van der Waals surface area contributed by atoms with Crippen LogP contribution in [0.2, 0.25) is 0 Å². The molecule has 0 aliphatic carbocycles. The predicted molar refractivity (Wildman–Crippen MR) is 84.8 cm³/mol. The lowest BCUT2D eigenvalue weighted by atomic mass is 10.1. The molecule has 0 atom stereocenters. The van der Waals surface area contributed by atoms with Crippen LogP contribution in [0.1, 0.15) is 15.9 Å². The Morgan fingerprint density at radius 1 is 1.14 bits per heavy atom. The summed E-state index contributed by atoms with van der Waals surface area (Å²) in [4.78, 5) is 12.1. The molecular weight excluding hydrogens is 353 g/mol. The average Bonchev–Trinajstić information content (AvgIpc) is 2.53. The van der Waals surface area contributed by atoms with Gasteiger partial charge in [0.2, 0.25) is 0 Å². The summed E-state index contributed by atoms with van der Waals surface area (Å²) in [5, 5.41) is 2.67. The summed E-state index contributed by atoms with van der Waals surface area (Å²) in [6.45, 7) is 0.103. The Morgan fingerprint density at radius 3 is 2.50 bits per heavy atom. The highest BCUT2D eigenvalue weighted by atomic mass is 79.9. The van der Waals surface area contributed by atoms with Crippen LogP contribution in [-0.4, -0.2) is 20.1 Å². The standard InChI is InChI=1S/C16H15BrFNO3/c1-21-14-6-4-10(7-15(14)22-2)16(20)19-9-11-3-5-12(17)8-13(11)18/h3-8H,9H2,1-2H3,(H,19,20). The first-order chi connectivity index (χ1) is 10.5. The molecule has 0 aliphatic rings. The second kappa shape index (κ2) is 7.26. The third-order valence-electron chi connectivity index (χ3n) is 3.10. The molecule has 1 N–H and O–H groups in total. The minimum atomic E-state index is -0.373. The average molecular weight is 368 g/mol. The summed E-state index contributed by atoms with van der Waals surface area (Å²) in [5.41, 5.74) is 0.826. The third kappa shape index (κ3) is 3.76. The van der Waals surface area contributed by atoms with Crippen molar-refractivity contribution in [3.8, 4) is 11.5 Å². The second-order valence-corrected chi connectivity index (χ2v) is 5.40. The van der Waals surface area contributed by atoms with Gasteiger partial charge in [-0.1, -0.05) is 22.0 Å². The SMILES string of the molecule is COc1ccc(C(=O)NCc2ccc(Br)cc2F)cc1OC. The maximum Gasteiger partial charge on any atom is 0.251 e. The first kappa shape index (κ1) is 16.3. The number of rotatable bonds is 5. The summed E-state index contributed by atoms with van der Waals surface area (Å²) in [5.74, 6) is 0.313. The molecule has 0 saturated heterocycles. The Balaban J connectivity index is 2.09. The van der Waals surface area contributed by atoms with Gasteiger partial charge in [-0.2, -0.15) is 0 Å². The molecule has 2 aromatic rings. The van der Waals surface area contributed by atoms with Crippen LogP contribution in [0.4, 0.5) is 4.39 Å². The molecule has 0 heterocycles. The highest BCUT2D eigenvalue weighted by molar-refractivity contribution is 9.10. The Morgan fingerprint density at radius 2 is 1.86 bits per heavy atom. The number of nitrogens with one attached hydrogen (secondary N) is 1. The van der Waals surface area contributed by atoms with Crippen LogP contribution in [0, 0.1) is 5.82 Å². The summed E-state index contributed by atoms with van der Waals surface area (Å²) in [7, 11) is 3.02. The summed E-state index contributed by atoms with van der Waals surface area (Å²) < 4.78 is 24.6. The second-order valence-electron chi connectivity index (χ2n) is 4.49. The van der Waals surface area contributed by atoms with Crippen molar-refractivity contribution in [3.05, 3.63) is 57.8 Å². The van der Waals surface area contributed by atoms with Crippen molar-refractivity contribution in [3.63, 3.8) is 0 Å². The number of ether oxygens (including phenoxy) is 2. The fourth-order valence-electron chi connectivity index (χ4n) is 1.92. The quantitative estimate of drug-likeness (QED) is 0.879. The summed E-state index contributed by atoms with van der Waals surface area (Å²) in [6.07, 6.45) is 0. The van der Waals surface area contributed by atoms with Crippen molar-refractivity contribution >= 4 is 21.8 Å². The van der Waals surface area contributed by atoms with Crippen LogP contribution >= 0.6 is 15.9 Å². The van der Waals surface area contributed by atoms with E-state index < -0.39 is 0 Å². The molecule has 0 unspecified atom stereocenters. The minimum absolute atomic E-state index is 0.103. The molecule has 0 aliphatic heterocycles. The highest BCUT2D eigenvalue weighted by Gasteiger charge is 2.11. The van der Waals surface area contributed by atoms with E-state index in [0.29, 0.717) is 27.1 Å². The van der Waals surface area contributed by atoms with Crippen molar-refractivity contribution in [2.75, 3.05) is 14.2 Å². The normalized spacial score (nSPS) is 10.2. The van der Waals surface area contributed by atoms with Gasteiger partial charge in [-0.15, -0.1) is 0 Å². The molecule has 22 heavy (non-hydrogen) atoms. The van der Waals surface area contributed by atoms with E-state index in [-0.39, 0.29) is 18.3 Å². The van der Waals surface area contributed by atoms with Crippen LogP contribution in [0.5, 0.6) is 11.5 Å². The Bertz CT molecular complexity index is 691. The monoisotopic (exact) mass is 367 g/mol. The summed E-state index contributed by atoms with van der Waals surface area (Å²) in [6, 6.07) is 9.54. The molecule has 116 valence electrons. The zero-order chi connectivity index (χ0) is 16.1. The molecule has 0 fully saturated rings. The molecule has 0 saturated carbocycles. The Hall–Kier alpha value is -2.08. The number of hydrogen-bond donors (Lipinski definition) is 1. The van der Waals surface area contributed by atoms with Crippen molar-refractivity contribution in [1.82, 2.24) is 5.32 Å². The Labute approximate surface area is 136 Å².